The highest BCUT2D eigenvalue weighted by Gasteiger charge is 2.36. The van der Waals surface area contributed by atoms with Crippen LogP contribution in [-0.2, 0) is 23.9 Å². The van der Waals surface area contributed by atoms with Gasteiger partial charge in [0.2, 0.25) is 0 Å². The Morgan fingerprint density at radius 2 is 1.38 bits per heavy atom. The highest BCUT2D eigenvalue weighted by atomic mass is 16.7. The van der Waals surface area contributed by atoms with Crippen molar-refractivity contribution in [3.8, 4) is 11.5 Å². The van der Waals surface area contributed by atoms with Gasteiger partial charge in [0.15, 0.2) is 11.5 Å². The molecule has 220 valence electrons. The molecule has 10 nitrogen and oxygen atoms in total. The van der Waals surface area contributed by atoms with Crippen LogP contribution in [0.15, 0.2) is 18.2 Å². The number of carboxylic acid groups (broad SMARTS) is 1. The van der Waals surface area contributed by atoms with Crippen LogP contribution in [0.2, 0.25) is 0 Å². The Labute approximate surface area is 231 Å². The van der Waals surface area contributed by atoms with E-state index >= 15 is 0 Å². The van der Waals surface area contributed by atoms with Gasteiger partial charge in [-0.2, -0.15) is 0 Å². The van der Waals surface area contributed by atoms with Gasteiger partial charge in [0, 0.05) is 11.8 Å². The van der Waals surface area contributed by atoms with Crippen LogP contribution in [0, 0.1) is 17.8 Å². The van der Waals surface area contributed by atoms with Crippen molar-refractivity contribution in [1.29, 1.82) is 0 Å². The zero-order valence-corrected chi connectivity index (χ0v) is 24.4. The number of hydrogen-bond donors (Lipinski definition) is 2. The monoisotopic (exact) mass is 551 g/mol. The molecular formula is C29H45NO9. The third-order valence-electron chi connectivity index (χ3n) is 7.06. The average Bonchev–Trinajstić information content (AvgIpc) is 2.88. The van der Waals surface area contributed by atoms with Gasteiger partial charge in [0.05, 0.1) is 11.8 Å². The van der Waals surface area contributed by atoms with Crippen LogP contribution in [-0.4, -0.2) is 47.4 Å². The van der Waals surface area contributed by atoms with Crippen LogP contribution < -0.4 is 15.2 Å². The van der Waals surface area contributed by atoms with E-state index < -0.39 is 54.0 Å². The molecule has 3 N–H and O–H groups in total. The van der Waals surface area contributed by atoms with Crippen LogP contribution in [0.3, 0.4) is 0 Å². The van der Waals surface area contributed by atoms with Gasteiger partial charge in [-0.15, -0.1) is 0 Å². The molecule has 39 heavy (non-hydrogen) atoms. The quantitative estimate of drug-likeness (QED) is 0.212. The maximum Gasteiger partial charge on any atom is 0.508 e. The highest BCUT2D eigenvalue weighted by molar-refractivity contribution is 5.79. The van der Waals surface area contributed by atoms with Crippen molar-refractivity contribution in [2.24, 2.45) is 23.5 Å². The first kappa shape index (κ1) is 33.9. The van der Waals surface area contributed by atoms with E-state index in [9.17, 15) is 24.3 Å². The Hall–Kier alpha value is -3.14. The van der Waals surface area contributed by atoms with Gasteiger partial charge in [-0.1, -0.05) is 54.0 Å². The van der Waals surface area contributed by atoms with Crippen molar-refractivity contribution in [2.75, 3.05) is 0 Å². The second-order valence-electron chi connectivity index (χ2n) is 10.2. The van der Waals surface area contributed by atoms with Gasteiger partial charge in [-0.05, 0) is 50.8 Å². The molecule has 0 amide bonds. The molecule has 0 fully saturated rings. The normalized spacial score (nSPS) is 16.5. The Morgan fingerprint density at radius 3 is 1.87 bits per heavy atom. The summed E-state index contributed by atoms with van der Waals surface area (Å²) in [5.41, 5.74) is 6.53. The maximum atomic E-state index is 12.6. The fourth-order valence-electron chi connectivity index (χ4n) is 3.85. The molecule has 0 saturated heterocycles. The summed E-state index contributed by atoms with van der Waals surface area (Å²) in [6.45, 7) is 14.2. The molecule has 10 heteroatoms. The molecule has 7 atom stereocenters. The molecule has 0 bridgehead atoms. The third kappa shape index (κ3) is 10.2. The summed E-state index contributed by atoms with van der Waals surface area (Å²) in [5.74, 6) is -4.51. The Kier molecular flexibility index (Phi) is 14.0. The lowest BCUT2D eigenvalue weighted by molar-refractivity contribution is -0.141. The van der Waals surface area contributed by atoms with E-state index in [4.69, 9.17) is 24.7 Å². The SMILES string of the molecule is CCCC(C)OC(=O)OC(C)C(C)C(c1ccc(OC(=O)C(C)CC)c(OC(=O)C(C)CC)c1)[C@H](N)C(=O)O. The first-order valence-corrected chi connectivity index (χ1v) is 13.7. The Balaban J connectivity index is 3.43. The number of ether oxygens (including phenoxy) is 4. The number of nitrogens with two attached hydrogens (primary N) is 1. The van der Waals surface area contributed by atoms with Crippen LogP contribution in [0.5, 0.6) is 11.5 Å². The third-order valence-corrected chi connectivity index (χ3v) is 7.06. The Bertz CT molecular complexity index is 980. The van der Waals surface area contributed by atoms with E-state index in [-0.39, 0.29) is 23.5 Å². The summed E-state index contributed by atoms with van der Waals surface area (Å²) < 4.78 is 21.8. The first-order valence-electron chi connectivity index (χ1n) is 13.7. The zero-order valence-electron chi connectivity index (χ0n) is 24.4. The summed E-state index contributed by atoms with van der Waals surface area (Å²) in [6, 6.07) is 3.10. The number of aliphatic carboxylic acids is 1. The zero-order chi connectivity index (χ0) is 29.9. The molecule has 0 radical (unpaired) electrons. The fourth-order valence-corrected chi connectivity index (χ4v) is 3.85. The molecule has 1 aromatic carbocycles. The maximum absolute atomic E-state index is 12.6. The molecule has 6 unspecified atom stereocenters. The number of carbonyl (C=O) groups excluding carboxylic acids is 3. The van der Waals surface area contributed by atoms with E-state index in [0.717, 1.165) is 6.42 Å². The highest BCUT2D eigenvalue weighted by Crippen LogP contribution is 2.38. The standard InChI is InChI=1S/C29H45NO9/c1-9-12-18(6)36-29(35)37-20(8)19(7)24(25(30)26(31)32)21-13-14-22(38-27(33)16(4)10-2)23(15-21)39-28(34)17(5)11-3/h13-20,24-25H,9-12,30H2,1-8H3,(H,31,32)/t16?,17?,18?,19?,20?,24?,25-/m0/s1. The van der Waals surface area contributed by atoms with Crippen molar-refractivity contribution in [2.45, 2.75) is 105 Å². The van der Waals surface area contributed by atoms with Gasteiger partial charge < -0.3 is 29.8 Å². The number of carbonyl (C=O) groups is 4. The molecule has 0 aliphatic rings. The number of carboxylic acids is 1. The molecule has 0 spiro atoms. The van der Waals surface area contributed by atoms with Gasteiger partial charge in [0.25, 0.3) is 0 Å². The summed E-state index contributed by atoms with van der Waals surface area (Å²) in [4.78, 5) is 49.4. The lowest BCUT2D eigenvalue weighted by Gasteiger charge is -2.32. The van der Waals surface area contributed by atoms with Crippen molar-refractivity contribution in [3.05, 3.63) is 23.8 Å². The molecular weight excluding hydrogens is 506 g/mol. The summed E-state index contributed by atoms with van der Waals surface area (Å²) in [6.07, 6.45) is 0.662. The molecule has 0 heterocycles. The van der Waals surface area contributed by atoms with Crippen molar-refractivity contribution >= 4 is 24.1 Å². The van der Waals surface area contributed by atoms with Crippen LogP contribution in [0.4, 0.5) is 4.79 Å². The number of hydrogen-bond acceptors (Lipinski definition) is 9. The fraction of sp³-hybridized carbons (Fsp3) is 0.655. The molecule has 0 aliphatic carbocycles. The minimum absolute atomic E-state index is 0.0226. The van der Waals surface area contributed by atoms with Crippen molar-refractivity contribution in [3.63, 3.8) is 0 Å². The van der Waals surface area contributed by atoms with Crippen molar-refractivity contribution < 1.29 is 43.2 Å². The second kappa shape index (κ2) is 16.1. The topological polar surface area (TPSA) is 151 Å². The minimum atomic E-state index is -1.38. The number of benzene rings is 1. The van der Waals surface area contributed by atoms with Gasteiger partial charge in [-0.25, -0.2) is 4.79 Å². The Morgan fingerprint density at radius 1 is 0.846 bits per heavy atom. The van der Waals surface area contributed by atoms with Gasteiger partial charge in [0.1, 0.15) is 18.2 Å². The minimum Gasteiger partial charge on any atom is -0.480 e. The predicted molar refractivity (Wildman–Crippen MR) is 146 cm³/mol. The lowest BCUT2D eigenvalue weighted by atomic mass is 9.79. The van der Waals surface area contributed by atoms with Crippen LogP contribution in [0.1, 0.15) is 92.6 Å². The van der Waals surface area contributed by atoms with Crippen LogP contribution in [0.25, 0.3) is 0 Å². The summed E-state index contributed by atoms with van der Waals surface area (Å²) in [5, 5.41) is 9.77. The van der Waals surface area contributed by atoms with E-state index in [1.54, 1.807) is 40.7 Å². The first-order chi connectivity index (χ1) is 18.3. The van der Waals surface area contributed by atoms with E-state index in [1.165, 1.54) is 12.1 Å². The average molecular weight is 552 g/mol. The molecule has 1 rings (SSSR count). The lowest BCUT2D eigenvalue weighted by Crippen LogP contribution is -2.43. The molecule has 0 aliphatic heterocycles. The van der Waals surface area contributed by atoms with E-state index in [0.29, 0.717) is 24.8 Å². The molecule has 0 aromatic heterocycles. The van der Waals surface area contributed by atoms with Crippen LogP contribution >= 0.6 is 0 Å². The van der Waals surface area contributed by atoms with E-state index in [2.05, 4.69) is 0 Å². The van der Waals surface area contributed by atoms with Crippen molar-refractivity contribution in [1.82, 2.24) is 0 Å². The predicted octanol–water partition coefficient (Wildman–Crippen LogP) is 5.45. The van der Waals surface area contributed by atoms with E-state index in [1.807, 2.05) is 20.8 Å². The second-order valence-corrected chi connectivity index (χ2v) is 10.2. The van der Waals surface area contributed by atoms with Gasteiger partial charge in [-0.3, -0.25) is 14.4 Å². The summed E-state index contributed by atoms with van der Waals surface area (Å²) >= 11 is 0. The number of rotatable bonds is 15. The smallest absolute Gasteiger partial charge is 0.480 e. The summed E-state index contributed by atoms with van der Waals surface area (Å²) in [7, 11) is 0. The number of esters is 2. The largest absolute Gasteiger partial charge is 0.508 e. The molecule has 0 saturated carbocycles. The van der Waals surface area contributed by atoms with Gasteiger partial charge >= 0.3 is 24.1 Å². The molecule has 1 aromatic rings.